The summed E-state index contributed by atoms with van der Waals surface area (Å²) in [6, 6.07) is 20.7. The Labute approximate surface area is 261 Å². The summed E-state index contributed by atoms with van der Waals surface area (Å²) < 4.78 is 0. The van der Waals surface area contributed by atoms with Crippen LogP contribution in [0.25, 0.3) is 0 Å². The largest absolute Gasteiger partial charge is 0.389 e. The van der Waals surface area contributed by atoms with Gasteiger partial charge in [0.1, 0.15) is 11.2 Å². The zero-order valence-electron chi connectivity index (χ0n) is 25.0. The van der Waals surface area contributed by atoms with Crippen LogP contribution < -0.4 is 16.0 Å². The number of benzene rings is 2. The zero-order chi connectivity index (χ0) is 31.4. The van der Waals surface area contributed by atoms with Crippen molar-refractivity contribution >= 4 is 34.1 Å². The number of unbranched alkanes of at least 4 members (excludes halogenated alkanes) is 1. The summed E-state index contributed by atoms with van der Waals surface area (Å²) in [6.07, 6.45) is 3.26. The van der Waals surface area contributed by atoms with Crippen LogP contribution in [0.5, 0.6) is 0 Å². The number of aryl methyl sites for hydroxylation is 2. The van der Waals surface area contributed by atoms with E-state index in [1.165, 1.54) is 11.3 Å². The Morgan fingerprint density at radius 3 is 2.27 bits per heavy atom. The number of rotatable bonds is 16. The molecule has 1 unspecified atom stereocenters. The first-order valence-corrected chi connectivity index (χ1v) is 15.4. The number of amides is 2. The van der Waals surface area contributed by atoms with Gasteiger partial charge in [0, 0.05) is 19.4 Å². The summed E-state index contributed by atoms with van der Waals surface area (Å²) in [6.45, 7) is 3.60. The van der Waals surface area contributed by atoms with Crippen LogP contribution in [0.2, 0.25) is 0 Å². The molecule has 5 N–H and O–H groups in total. The fraction of sp³-hybridized carbons (Fsp3) is 0.375. The topological polar surface area (TPSA) is 162 Å². The highest BCUT2D eigenvalue weighted by Crippen LogP contribution is 2.18. The molecule has 2 aromatic heterocycles. The normalized spacial score (nSPS) is 12.1. The van der Waals surface area contributed by atoms with Crippen LogP contribution in [0.15, 0.2) is 66.7 Å². The van der Waals surface area contributed by atoms with Crippen LogP contribution in [0, 0.1) is 0 Å². The van der Waals surface area contributed by atoms with Gasteiger partial charge >= 0.3 is 0 Å². The van der Waals surface area contributed by atoms with Crippen LogP contribution in [-0.4, -0.2) is 60.8 Å². The number of nitrogens with zero attached hydrogens (tertiary/aromatic N) is 4. The Balaban J connectivity index is 1.14. The van der Waals surface area contributed by atoms with Crippen molar-refractivity contribution < 1.29 is 19.8 Å². The Bertz CT molecular complexity index is 1490. The van der Waals surface area contributed by atoms with Crippen molar-refractivity contribution in [3.63, 3.8) is 0 Å². The van der Waals surface area contributed by atoms with Crippen LogP contribution in [0.1, 0.15) is 54.1 Å². The maximum Gasteiger partial charge on any atom is 0.230 e. The van der Waals surface area contributed by atoms with E-state index in [1.54, 1.807) is 19.9 Å². The number of aromatic nitrogens is 4. The average Bonchev–Trinajstić information content (AvgIpc) is 3.42. The minimum Gasteiger partial charge on any atom is -0.389 e. The number of hydrogen-bond acceptors (Lipinski definition) is 10. The summed E-state index contributed by atoms with van der Waals surface area (Å²) in [5.41, 5.74) is 2.58. The molecule has 4 rings (SSSR count). The van der Waals surface area contributed by atoms with Crippen LogP contribution in [0.3, 0.4) is 0 Å². The average molecular weight is 618 g/mol. The number of carbonyl (C=O) groups is 2. The lowest BCUT2D eigenvalue weighted by Gasteiger charge is -2.21. The highest BCUT2D eigenvalue weighted by atomic mass is 32.1. The van der Waals surface area contributed by atoms with Crippen molar-refractivity contribution in [2.24, 2.45) is 0 Å². The highest BCUT2D eigenvalue weighted by molar-refractivity contribution is 7.15. The van der Waals surface area contributed by atoms with Crippen LogP contribution >= 0.6 is 11.3 Å². The van der Waals surface area contributed by atoms with Gasteiger partial charge in [0.15, 0.2) is 5.82 Å². The quantitative estimate of drug-likeness (QED) is 0.0936. The second kappa shape index (κ2) is 16.1. The molecule has 0 fully saturated rings. The summed E-state index contributed by atoms with van der Waals surface area (Å²) in [7, 11) is 0. The molecule has 232 valence electrons. The number of nitrogens with one attached hydrogen (secondary N) is 3. The second-order valence-electron chi connectivity index (χ2n) is 11.3. The van der Waals surface area contributed by atoms with Crippen molar-refractivity contribution in [3.05, 3.63) is 94.1 Å². The lowest BCUT2D eigenvalue weighted by Crippen LogP contribution is -2.41. The summed E-state index contributed by atoms with van der Waals surface area (Å²) in [5, 5.41) is 46.5. The zero-order valence-corrected chi connectivity index (χ0v) is 25.8. The van der Waals surface area contributed by atoms with E-state index in [-0.39, 0.29) is 31.2 Å². The molecule has 4 aromatic rings. The first kappa shape index (κ1) is 32.8. The molecule has 0 saturated carbocycles. The molecule has 0 spiro atoms. The van der Waals surface area contributed by atoms with E-state index >= 15 is 0 Å². The molecule has 2 aromatic carbocycles. The Morgan fingerprint density at radius 2 is 1.52 bits per heavy atom. The van der Waals surface area contributed by atoms with Gasteiger partial charge in [0.25, 0.3) is 0 Å². The minimum absolute atomic E-state index is 0.135. The SMILES string of the molecule is CC(C)(O)CNC(O)Cc1cccc(CC(=O)Nc2nnc(CCCCc3ccc(NC(=O)Cc4ccccc4)nn3)s2)c1. The second-order valence-corrected chi connectivity index (χ2v) is 12.3. The van der Waals surface area contributed by atoms with Crippen LogP contribution in [0.4, 0.5) is 10.9 Å². The standard InChI is InChI=1S/C32H39N7O4S/c1-32(2,43)21-33-27(40)19-23-11-8-12-24(17-23)20-29(42)35-31-39-38-30(44-31)14-7-6-13-25-15-16-26(37-36-25)34-28(41)18-22-9-4-3-5-10-22/h3-5,8-12,15-17,27,33,40,43H,6-7,13-14,18-21H2,1-2H3,(H,34,37,41)(H,35,39,42). The molecule has 11 nitrogen and oxygen atoms in total. The van der Waals surface area contributed by atoms with Crippen molar-refractivity contribution in [1.82, 2.24) is 25.7 Å². The van der Waals surface area contributed by atoms with Crippen molar-refractivity contribution in [3.8, 4) is 0 Å². The lowest BCUT2D eigenvalue weighted by atomic mass is 10.0. The van der Waals surface area contributed by atoms with Gasteiger partial charge in [-0.3, -0.25) is 14.9 Å². The van der Waals surface area contributed by atoms with Gasteiger partial charge in [-0.2, -0.15) is 5.10 Å². The lowest BCUT2D eigenvalue weighted by molar-refractivity contribution is -0.116. The number of aliphatic hydroxyl groups is 2. The van der Waals surface area contributed by atoms with E-state index in [1.807, 2.05) is 60.7 Å². The monoisotopic (exact) mass is 617 g/mol. The molecule has 0 radical (unpaired) electrons. The molecule has 0 saturated heterocycles. The van der Waals surface area contributed by atoms with E-state index in [4.69, 9.17) is 0 Å². The highest BCUT2D eigenvalue weighted by Gasteiger charge is 2.15. The number of hydrogen-bond donors (Lipinski definition) is 5. The van der Waals surface area contributed by atoms with E-state index < -0.39 is 11.8 Å². The molecule has 0 aliphatic carbocycles. The molecule has 44 heavy (non-hydrogen) atoms. The molecule has 0 aliphatic heterocycles. The van der Waals surface area contributed by atoms with Crippen LogP contribution in [-0.2, 0) is 41.7 Å². The van der Waals surface area contributed by atoms with Gasteiger partial charge in [-0.15, -0.1) is 15.3 Å². The van der Waals surface area contributed by atoms with Gasteiger partial charge in [-0.1, -0.05) is 65.9 Å². The van der Waals surface area contributed by atoms with Gasteiger partial charge in [-0.05, 0) is 61.9 Å². The number of aliphatic hydroxyl groups excluding tert-OH is 1. The molecular weight excluding hydrogens is 578 g/mol. The Kier molecular flexibility index (Phi) is 12.0. The van der Waals surface area contributed by atoms with Crippen molar-refractivity contribution in [2.45, 2.75) is 70.6 Å². The van der Waals surface area contributed by atoms with Gasteiger partial charge in [-0.25, -0.2) is 0 Å². The van der Waals surface area contributed by atoms with E-state index in [0.717, 1.165) is 53.1 Å². The molecule has 0 aliphatic rings. The molecule has 0 bridgehead atoms. The molecule has 12 heteroatoms. The predicted molar refractivity (Wildman–Crippen MR) is 170 cm³/mol. The van der Waals surface area contributed by atoms with Gasteiger partial charge in [0.05, 0.1) is 24.1 Å². The van der Waals surface area contributed by atoms with Crippen molar-refractivity contribution in [1.29, 1.82) is 0 Å². The molecule has 1 atom stereocenters. The Morgan fingerprint density at radius 1 is 0.818 bits per heavy atom. The fourth-order valence-corrected chi connectivity index (χ4v) is 5.19. The third-order valence-electron chi connectivity index (χ3n) is 6.54. The first-order chi connectivity index (χ1) is 21.1. The van der Waals surface area contributed by atoms with E-state index in [2.05, 4.69) is 36.3 Å². The van der Waals surface area contributed by atoms with Crippen molar-refractivity contribution in [2.75, 3.05) is 17.2 Å². The number of carbonyl (C=O) groups excluding carboxylic acids is 2. The Hall–Kier alpha value is -4.10. The van der Waals surface area contributed by atoms with Gasteiger partial charge < -0.3 is 20.8 Å². The first-order valence-electron chi connectivity index (χ1n) is 14.6. The van der Waals surface area contributed by atoms with Gasteiger partial charge in [0.2, 0.25) is 16.9 Å². The molecular formula is C32H39N7O4S. The number of anilines is 2. The minimum atomic E-state index is -0.917. The third kappa shape index (κ3) is 11.9. The smallest absolute Gasteiger partial charge is 0.230 e. The maximum atomic E-state index is 12.6. The third-order valence-corrected chi connectivity index (χ3v) is 7.44. The summed E-state index contributed by atoms with van der Waals surface area (Å²) in [5.74, 6) is 0.105. The van der Waals surface area contributed by atoms with E-state index in [0.29, 0.717) is 17.4 Å². The molecule has 2 heterocycles. The fourth-order valence-electron chi connectivity index (χ4n) is 4.39. The summed E-state index contributed by atoms with van der Waals surface area (Å²) >= 11 is 1.36. The van der Waals surface area contributed by atoms with E-state index in [9.17, 15) is 19.8 Å². The maximum absolute atomic E-state index is 12.6. The molecule has 2 amide bonds. The predicted octanol–water partition coefficient (Wildman–Crippen LogP) is 3.48. The summed E-state index contributed by atoms with van der Waals surface area (Å²) in [4.78, 5) is 24.8.